The van der Waals surface area contributed by atoms with Gasteiger partial charge in [-0.15, -0.1) is 0 Å². The van der Waals surface area contributed by atoms with Gasteiger partial charge in [-0.25, -0.2) is 4.79 Å². The summed E-state index contributed by atoms with van der Waals surface area (Å²) in [5.41, 5.74) is 6.10. The minimum Gasteiger partial charge on any atom is -0.481 e. The largest absolute Gasteiger partial charge is 0.481 e. The van der Waals surface area contributed by atoms with Crippen LogP contribution < -0.4 is 16.4 Å². The maximum atomic E-state index is 13.0. The molecule has 0 aliphatic carbocycles. The van der Waals surface area contributed by atoms with Gasteiger partial charge in [0.2, 0.25) is 17.7 Å². The summed E-state index contributed by atoms with van der Waals surface area (Å²) in [4.78, 5) is 61.5. The zero-order valence-corrected chi connectivity index (χ0v) is 17.5. The summed E-state index contributed by atoms with van der Waals surface area (Å²) >= 11 is 0. The third-order valence-corrected chi connectivity index (χ3v) is 5.20. The second-order valence-electron chi connectivity index (χ2n) is 7.54. The Kier molecular flexibility index (Phi) is 9.14. The maximum absolute atomic E-state index is 13.0. The molecule has 2 rings (SSSR count). The Hall–Kier alpha value is -3.47. The van der Waals surface area contributed by atoms with Crippen LogP contribution in [0.2, 0.25) is 0 Å². The highest BCUT2D eigenvalue weighted by atomic mass is 16.4. The number of rotatable bonds is 11. The standard InChI is InChI=1S/C21H28N4O7/c22-12-17(26)23-15(11-13-5-2-1-3-6-13)19(29)24-14(8-9-18(27)28)20(30)25-10-4-7-16(25)21(31)32/h1-3,5-6,14-16H,4,7-12,22H2,(H,23,26)(H,24,29)(H,27,28)(H,31,32). The summed E-state index contributed by atoms with van der Waals surface area (Å²) in [5, 5.41) is 23.4. The van der Waals surface area contributed by atoms with Crippen molar-refractivity contribution in [1.29, 1.82) is 0 Å². The number of hydrogen-bond donors (Lipinski definition) is 5. The van der Waals surface area contributed by atoms with E-state index in [9.17, 15) is 29.1 Å². The van der Waals surface area contributed by atoms with Gasteiger partial charge in [0.05, 0.1) is 6.54 Å². The molecule has 0 aromatic heterocycles. The van der Waals surface area contributed by atoms with Gasteiger partial charge in [0, 0.05) is 19.4 Å². The van der Waals surface area contributed by atoms with E-state index in [2.05, 4.69) is 10.6 Å². The van der Waals surface area contributed by atoms with Gasteiger partial charge in [-0.1, -0.05) is 30.3 Å². The Bertz CT molecular complexity index is 846. The molecule has 1 aliphatic heterocycles. The van der Waals surface area contributed by atoms with Crippen molar-refractivity contribution in [3.63, 3.8) is 0 Å². The molecule has 3 amide bonds. The summed E-state index contributed by atoms with van der Waals surface area (Å²) in [7, 11) is 0. The van der Waals surface area contributed by atoms with Crippen LogP contribution in [0.15, 0.2) is 30.3 Å². The molecule has 0 radical (unpaired) electrons. The highest BCUT2D eigenvalue weighted by Gasteiger charge is 2.38. The van der Waals surface area contributed by atoms with Crippen molar-refractivity contribution in [3.05, 3.63) is 35.9 Å². The normalized spacial score (nSPS) is 17.3. The van der Waals surface area contributed by atoms with Crippen molar-refractivity contribution in [2.45, 2.75) is 50.2 Å². The summed E-state index contributed by atoms with van der Waals surface area (Å²) < 4.78 is 0. The molecule has 3 atom stereocenters. The second-order valence-corrected chi connectivity index (χ2v) is 7.54. The third kappa shape index (κ3) is 7.05. The summed E-state index contributed by atoms with van der Waals surface area (Å²) in [6.45, 7) is -0.138. The van der Waals surface area contributed by atoms with Gasteiger partial charge in [0.1, 0.15) is 18.1 Å². The highest BCUT2D eigenvalue weighted by Crippen LogP contribution is 2.20. The first-order valence-corrected chi connectivity index (χ1v) is 10.3. The molecule has 11 nitrogen and oxygen atoms in total. The van der Waals surface area contributed by atoms with Crippen molar-refractivity contribution in [2.75, 3.05) is 13.1 Å². The Morgan fingerprint density at radius 2 is 1.75 bits per heavy atom. The van der Waals surface area contributed by atoms with E-state index in [1.165, 1.54) is 0 Å². The fraction of sp³-hybridized carbons (Fsp3) is 0.476. The quantitative estimate of drug-likeness (QED) is 0.289. The van der Waals surface area contributed by atoms with Gasteiger partial charge in [-0.2, -0.15) is 0 Å². The summed E-state index contributed by atoms with van der Waals surface area (Å²) in [6, 6.07) is 5.55. The van der Waals surface area contributed by atoms with Gasteiger partial charge in [-0.05, 0) is 24.8 Å². The lowest BCUT2D eigenvalue weighted by atomic mass is 10.0. The van der Waals surface area contributed by atoms with Crippen molar-refractivity contribution < 1.29 is 34.2 Å². The number of aliphatic carboxylic acids is 2. The number of likely N-dealkylation sites (tertiary alicyclic amines) is 1. The lowest BCUT2D eigenvalue weighted by Crippen LogP contribution is -2.56. The molecule has 1 aromatic carbocycles. The van der Waals surface area contributed by atoms with E-state index in [1.54, 1.807) is 30.3 Å². The Labute approximate surface area is 184 Å². The Morgan fingerprint density at radius 1 is 1.06 bits per heavy atom. The number of nitrogens with one attached hydrogen (secondary N) is 2. The third-order valence-electron chi connectivity index (χ3n) is 5.20. The van der Waals surface area contributed by atoms with Crippen molar-refractivity contribution in [1.82, 2.24) is 15.5 Å². The predicted molar refractivity (Wildman–Crippen MR) is 112 cm³/mol. The number of hydrogen-bond acceptors (Lipinski definition) is 6. The molecule has 6 N–H and O–H groups in total. The van der Waals surface area contributed by atoms with E-state index in [4.69, 9.17) is 10.8 Å². The van der Waals surface area contributed by atoms with E-state index in [0.717, 1.165) is 10.5 Å². The lowest BCUT2D eigenvalue weighted by molar-refractivity contribution is -0.150. The smallest absolute Gasteiger partial charge is 0.326 e. The predicted octanol–water partition coefficient (Wildman–Crippen LogP) is -0.902. The molecule has 1 heterocycles. The van der Waals surface area contributed by atoms with E-state index in [-0.39, 0.29) is 32.4 Å². The zero-order valence-electron chi connectivity index (χ0n) is 17.5. The molecule has 3 unspecified atom stereocenters. The average Bonchev–Trinajstić information content (AvgIpc) is 3.26. The minimum absolute atomic E-state index is 0.125. The molecule has 11 heteroatoms. The SMILES string of the molecule is NCC(=O)NC(Cc1ccccc1)C(=O)NC(CCC(=O)O)C(=O)N1CCCC1C(=O)O. The average molecular weight is 448 g/mol. The van der Waals surface area contributed by atoms with Gasteiger partial charge in [0.25, 0.3) is 0 Å². The monoisotopic (exact) mass is 448 g/mol. The molecular weight excluding hydrogens is 420 g/mol. The van der Waals surface area contributed by atoms with Crippen LogP contribution in [0.25, 0.3) is 0 Å². The Balaban J connectivity index is 2.20. The highest BCUT2D eigenvalue weighted by molar-refractivity contribution is 5.94. The van der Waals surface area contributed by atoms with Crippen molar-refractivity contribution in [2.24, 2.45) is 5.73 Å². The molecular formula is C21H28N4O7. The van der Waals surface area contributed by atoms with Crippen LogP contribution in [-0.2, 0) is 30.4 Å². The zero-order chi connectivity index (χ0) is 23.7. The molecule has 1 fully saturated rings. The molecule has 0 saturated carbocycles. The molecule has 1 saturated heterocycles. The van der Waals surface area contributed by atoms with Crippen molar-refractivity contribution in [3.8, 4) is 0 Å². The van der Waals surface area contributed by atoms with Gasteiger partial charge >= 0.3 is 11.9 Å². The Morgan fingerprint density at radius 3 is 2.34 bits per heavy atom. The first kappa shape index (κ1) is 24.8. The van der Waals surface area contributed by atoms with Crippen LogP contribution >= 0.6 is 0 Å². The van der Waals surface area contributed by atoms with Crippen LogP contribution in [0.3, 0.4) is 0 Å². The van der Waals surface area contributed by atoms with Crippen LogP contribution in [0.1, 0.15) is 31.2 Å². The number of nitrogens with zero attached hydrogens (tertiary/aromatic N) is 1. The van der Waals surface area contributed by atoms with Crippen LogP contribution in [0, 0.1) is 0 Å². The summed E-state index contributed by atoms with van der Waals surface area (Å²) in [5.74, 6) is -4.24. The number of carboxylic acid groups (broad SMARTS) is 2. The van der Waals surface area contributed by atoms with Crippen LogP contribution in [0.5, 0.6) is 0 Å². The molecule has 0 bridgehead atoms. The first-order chi connectivity index (χ1) is 15.2. The molecule has 1 aromatic rings. The number of benzene rings is 1. The fourth-order valence-electron chi connectivity index (χ4n) is 3.60. The molecule has 32 heavy (non-hydrogen) atoms. The van der Waals surface area contributed by atoms with Gasteiger partial charge in [0.15, 0.2) is 0 Å². The fourth-order valence-corrected chi connectivity index (χ4v) is 3.60. The van der Waals surface area contributed by atoms with Gasteiger partial charge < -0.3 is 31.5 Å². The number of carbonyl (C=O) groups is 5. The van der Waals surface area contributed by atoms with E-state index < -0.39 is 54.2 Å². The van der Waals surface area contributed by atoms with Crippen LogP contribution in [-0.4, -0.2) is 76.0 Å². The first-order valence-electron chi connectivity index (χ1n) is 10.3. The number of nitrogens with two attached hydrogens (primary N) is 1. The minimum atomic E-state index is -1.24. The van der Waals surface area contributed by atoms with E-state index >= 15 is 0 Å². The number of carboxylic acids is 2. The van der Waals surface area contributed by atoms with Gasteiger partial charge in [-0.3, -0.25) is 19.2 Å². The molecule has 1 aliphatic rings. The summed E-state index contributed by atoms with van der Waals surface area (Å²) in [6.07, 6.45) is 0.279. The number of amides is 3. The maximum Gasteiger partial charge on any atom is 0.326 e. The number of carbonyl (C=O) groups excluding carboxylic acids is 3. The topological polar surface area (TPSA) is 179 Å². The molecule has 174 valence electrons. The van der Waals surface area contributed by atoms with E-state index in [1.807, 2.05) is 0 Å². The lowest BCUT2D eigenvalue weighted by Gasteiger charge is -2.28. The van der Waals surface area contributed by atoms with Crippen molar-refractivity contribution >= 4 is 29.7 Å². The second kappa shape index (κ2) is 11.8. The molecule has 0 spiro atoms. The van der Waals surface area contributed by atoms with Crippen LogP contribution in [0.4, 0.5) is 0 Å². The van der Waals surface area contributed by atoms with E-state index in [0.29, 0.717) is 6.42 Å².